The highest BCUT2D eigenvalue weighted by Crippen LogP contribution is 2.24. The van der Waals surface area contributed by atoms with Crippen molar-refractivity contribution in [2.75, 3.05) is 13.1 Å². The Morgan fingerprint density at radius 2 is 1.67 bits per heavy atom. The van der Waals surface area contributed by atoms with E-state index in [1.807, 2.05) is 12.1 Å². The van der Waals surface area contributed by atoms with Gasteiger partial charge in [-0.25, -0.2) is 4.79 Å². The van der Waals surface area contributed by atoms with Gasteiger partial charge in [0.05, 0.1) is 0 Å². The highest BCUT2D eigenvalue weighted by Gasteiger charge is 2.13. The third-order valence-electron chi connectivity index (χ3n) is 4.64. The summed E-state index contributed by atoms with van der Waals surface area (Å²) >= 11 is 0. The van der Waals surface area contributed by atoms with Gasteiger partial charge in [0.15, 0.2) is 0 Å². The first kappa shape index (κ1) is 16.5. The maximum atomic E-state index is 10.9. The normalized spacial score (nSPS) is 15.2. The van der Waals surface area contributed by atoms with Gasteiger partial charge < -0.3 is 16.4 Å². The smallest absolute Gasteiger partial charge is 0.312 e. The van der Waals surface area contributed by atoms with E-state index in [9.17, 15) is 4.79 Å². The number of primary amides is 1. The fourth-order valence-electron chi connectivity index (χ4n) is 3.35. The summed E-state index contributed by atoms with van der Waals surface area (Å²) in [6, 6.07) is 16.5. The van der Waals surface area contributed by atoms with E-state index in [0.29, 0.717) is 6.54 Å². The Labute approximate surface area is 143 Å². The summed E-state index contributed by atoms with van der Waals surface area (Å²) in [6.07, 6.45) is 3.68. The molecule has 0 spiro atoms. The van der Waals surface area contributed by atoms with Crippen LogP contribution in [-0.4, -0.2) is 19.1 Å². The molecule has 4 heteroatoms. The predicted octanol–water partition coefficient (Wildman–Crippen LogP) is 3.06. The van der Waals surface area contributed by atoms with Crippen LogP contribution in [0.4, 0.5) is 4.79 Å². The highest BCUT2D eigenvalue weighted by atomic mass is 16.2. The van der Waals surface area contributed by atoms with Crippen LogP contribution in [0.15, 0.2) is 48.5 Å². The van der Waals surface area contributed by atoms with Gasteiger partial charge in [-0.2, -0.15) is 0 Å². The van der Waals surface area contributed by atoms with Gasteiger partial charge in [-0.3, -0.25) is 0 Å². The van der Waals surface area contributed by atoms with Crippen molar-refractivity contribution in [3.05, 3.63) is 59.7 Å². The summed E-state index contributed by atoms with van der Waals surface area (Å²) < 4.78 is 0. The number of amides is 2. The molecule has 4 nitrogen and oxygen atoms in total. The van der Waals surface area contributed by atoms with Gasteiger partial charge in [0.2, 0.25) is 0 Å². The second-order valence-electron chi connectivity index (χ2n) is 6.52. The monoisotopic (exact) mass is 323 g/mol. The molecule has 1 fully saturated rings. The van der Waals surface area contributed by atoms with Crippen LogP contribution in [0.3, 0.4) is 0 Å². The maximum absolute atomic E-state index is 10.9. The van der Waals surface area contributed by atoms with Crippen LogP contribution in [0.1, 0.15) is 24.0 Å². The molecule has 0 atom stereocenters. The molecular formula is C20H25N3O. The van der Waals surface area contributed by atoms with Crippen molar-refractivity contribution in [2.45, 2.75) is 25.8 Å². The van der Waals surface area contributed by atoms with Crippen molar-refractivity contribution in [1.29, 1.82) is 0 Å². The van der Waals surface area contributed by atoms with Crippen molar-refractivity contribution in [2.24, 2.45) is 11.7 Å². The van der Waals surface area contributed by atoms with Gasteiger partial charge in [0.1, 0.15) is 0 Å². The Bertz CT molecular complexity index is 693. The molecule has 0 unspecified atom stereocenters. The van der Waals surface area contributed by atoms with Crippen LogP contribution in [0.2, 0.25) is 0 Å². The fourth-order valence-corrected chi connectivity index (χ4v) is 3.35. The van der Waals surface area contributed by atoms with Crippen LogP contribution in [-0.2, 0) is 13.0 Å². The lowest BCUT2D eigenvalue weighted by atomic mass is 9.90. The van der Waals surface area contributed by atoms with Gasteiger partial charge in [-0.15, -0.1) is 0 Å². The van der Waals surface area contributed by atoms with Gasteiger partial charge >= 0.3 is 6.03 Å². The zero-order valence-corrected chi connectivity index (χ0v) is 13.9. The Morgan fingerprint density at radius 1 is 1.04 bits per heavy atom. The molecule has 3 rings (SSSR count). The molecule has 0 saturated carbocycles. The molecule has 1 aliphatic rings. The molecule has 0 aliphatic carbocycles. The number of carbonyl (C=O) groups excluding carboxylic acids is 1. The lowest BCUT2D eigenvalue weighted by Crippen LogP contribution is -2.28. The molecule has 0 aromatic heterocycles. The van der Waals surface area contributed by atoms with Crippen molar-refractivity contribution < 1.29 is 4.79 Å². The van der Waals surface area contributed by atoms with Gasteiger partial charge in [-0.1, -0.05) is 42.5 Å². The summed E-state index contributed by atoms with van der Waals surface area (Å²) in [5.41, 5.74) is 9.99. The molecule has 24 heavy (non-hydrogen) atoms. The summed E-state index contributed by atoms with van der Waals surface area (Å²) in [4.78, 5) is 10.9. The van der Waals surface area contributed by atoms with E-state index in [-0.39, 0.29) is 0 Å². The largest absolute Gasteiger partial charge is 0.352 e. The number of carbonyl (C=O) groups is 1. The number of nitrogens with one attached hydrogen (secondary N) is 2. The molecule has 1 saturated heterocycles. The average Bonchev–Trinajstić information content (AvgIpc) is 2.61. The van der Waals surface area contributed by atoms with E-state index in [2.05, 4.69) is 47.0 Å². The number of benzene rings is 2. The Hall–Kier alpha value is -2.33. The lowest BCUT2D eigenvalue weighted by molar-refractivity contribution is 0.248. The topological polar surface area (TPSA) is 67.2 Å². The second kappa shape index (κ2) is 7.97. The van der Waals surface area contributed by atoms with Crippen LogP contribution in [0, 0.1) is 5.92 Å². The quantitative estimate of drug-likeness (QED) is 0.791. The van der Waals surface area contributed by atoms with Crippen LogP contribution in [0.5, 0.6) is 0 Å². The van der Waals surface area contributed by atoms with E-state index in [4.69, 9.17) is 5.73 Å². The highest BCUT2D eigenvalue weighted by molar-refractivity contribution is 5.71. The molecule has 2 amide bonds. The first-order valence-corrected chi connectivity index (χ1v) is 8.63. The van der Waals surface area contributed by atoms with Crippen molar-refractivity contribution in [3.63, 3.8) is 0 Å². The molecule has 0 bridgehead atoms. The zero-order chi connectivity index (χ0) is 16.8. The number of urea groups is 1. The minimum absolute atomic E-state index is 0.456. The summed E-state index contributed by atoms with van der Waals surface area (Å²) in [6.45, 7) is 2.73. The van der Waals surface area contributed by atoms with Crippen molar-refractivity contribution >= 4 is 6.03 Å². The van der Waals surface area contributed by atoms with Crippen LogP contribution >= 0.6 is 0 Å². The fraction of sp³-hybridized carbons (Fsp3) is 0.350. The van der Waals surface area contributed by atoms with Gasteiger partial charge in [0.25, 0.3) is 0 Å². The minimum Gasteiger partial charge on any atom is -0.352 e. The van der Waals surface area contributed by atoms with E-state index in [1.54, 1.807) is 0 Å². The molecule has 1 heterocycles. The Balaban J connectivity index is 1.73. The summed E-state index contributed by atoms with van der Waals surface area (Å²) in [5, 5.41) is 6.06. The van der Waals surface area contributed by atoms with Crippen LogP contribution < -0.4 is 16.4 Å². The zero-order valence-electron chi connectivity index (χ0n) is 13.9. The van der Waals surface area contributed by atoms with Crippen molar-refractivity contribution in [3.8, 4) is 11.1 Å². The molecule has 4 N–H and O–H groups in total. The van der Waals surface area contributed by atoms with E-state index in [1.165, 1.54) is 29.5 Å². The molecule has 1 aliphatic heterocycles. The van der Waals surface area contributed by atoms with Crippen molar-refractivity contribution in [1.82, 2.24) is 10.6 Å². The maximum Gasteiger partial charge on any atom is 0.312 e. The van der Waals surface area contributed by atoms with E-state index >= 15 is 0 Å². The minimum atomic E-state index is -0.496. The Morgan fingerprint density at radius 3 is 2.33 bits per heavy atom. The number of hydrogen-bond donors (Lipinski definition) is 3. The number of hydrogen-bond acceptors (Lipinski definition) is 2. The first-order chi connectivity index (χ1) is 11.7. The predicted molar refractivity (Wildman–Crippen MR) is 97.6 cm³/mol. The summed E-state index contributed by atoms with van der Waals surface area (Å²) in [5.74, 6) is 0.785. The van der Waals surface area contributed by atoms with Gasteiger partial charge in [0, 0.05) is 6.54 Å². The first-order valence-electron chi connectivity index (χ1n) is 8.63. The molecule has 2 aromatic carbocycles. The molecule has 2 aromatic rings. The number of rotatable bonds is 5. The molecule has 126 valence electrons. The van der Waals surface area contributed by atoms with E-state index < -0.39 is 6.03 Å². The van der Waals surface area contributed by atoms with Crippen LogP contribution in [0.25, 0.3) is 11.1 Å². The second-order valence-corrected chi connectivity index (χ2v) is 6.52. The standard InChI is InChI=1S/C20H25N3O/c21-20(24)23-14-17-4-2-6-19(13-17)18-5-1-3-16(12-18)11-15-7-9-22-10-8-15/h1-6,12-13,15,22H,7-11,14H2,(H3,21,23,24). The molecular weight excluding hydrogens is 298 g/mol. The van der Waals surface area contributed by atoms with E-state index in [0.717, 1.165) is 31.0 Å². The number of piperidine rings is 1. The molecule has 0 radical (unpaired) electrons. The third-order valence-corrected chi connectivity index (χ3v) is 4.64. The SMILES string of the molecule is NC(=O)NCc1cccc(-c2cccc(CC3CCNCC3)c2)c1. The van der Waals surface area contributed by atoms with Gasteiger partial charge in [-0.05, 0) is 66.6 Å². The summed E-state index contributed by atoms with van der Waals surface area (Å²) in [7, 11) is 0. The average molecular weight is 323 g/mol. The Kier molecular flexibility index (Phi) is 5.49. The lowest BCUT2D eigenvalue weighted by Gasteiger charge is -2.22. The number of nitrogens with two attached hydrogens (primary N) is 1. The third kappa shape index (κ3) is 4.59.